The van der Waals surface area contributed by atoms with E-state index in [4.69, 9.17) is 42.6 Å². The van der Waals surface area contributed by atoms with Gasteiger partial charge in [0.2, 0.25) is 0 Å². The standard InChI is InChI=1S/C42H52O11/c1-25-26(2)42(30-12-16-36(40(24-30)50-8)52-20-18-32(44)28-10-14-34(46-4)38(22-28)48-6)53-41(25)29-11-15-35(39(23-29)49-7)51-19-17-31(43)27-9-13-33(45-3)37(21-27)47-5/h9-16,21-26,31-32,41-44H,17-20H2,1-8H3. The van der Waals surface area contributed by atoms with Gasteiger partial charge >= 0.3 is 0 Å². The highest BCUT2D eigenvalue weighted by Gasteiger charge is 2.41. The molecule has 0 amide bonds. The quantitative estimate of drug-likeness (QED) is 0.104. The molecule has 0 aliphatic carbocycles. The Balaban J connectivity index is 1.19. The minimum atomic E-state index is -0.742. The highest BCUT2D eigenvalue weighted by molar-refractivity contribution is 5.47. The van der Waals surface area contributed by atoms with E-state index in [0.717, 1.165) is 11.1 Å². The van der Waals surface area contributed by atoms with Crippen molar-refractivity contribution in [3.63, 3.8) is 0 Å². The van der Waals surface area contributed by atoms with E-state index in [1.165, 1.54) is 0 Å². The van der Waals surface area contributed by atoms with Crippen LogP contribution in [0, 0.1) is 11.8 Å². The van der Waals surface area contributed by atoms with Crippen LogP contribution in [0.2, 0.25) is 0 Å². The van der Waals surface area contributed by atoms with E-state index < -0.39 is 12.2 Å². The summed E-state index contributed by atoms with van der Waals surface area (Å²) in [6.07, 6.45) is -1.09. The summed E-state index contributed by atoms with van der Waals surface area (Å²) in [5.41, 5.74) is 3.40. The van der Waals surface area contributed by atoms with E-state index in [1.807, 2.05) is 48.5 Å². The Bertz CT molecular complexity index is 1660. The van der Waals surface area contributed by atoms with Gasteiger partial charge in [-0.15, -0.1) is 0 Å². The minimum Gasteiger partial charge on any atom is -0.493 e. The molecular formula is C42H52O11. The first kappa shape index (κ1) is 39.4. The number of hydrogen-bond acceptors (Lipinski definition) is 11. The maximum Gasteiger partial charge on any atom is 0.161 e. The lowest BCUT2D eigenvalue weighted by Gasteiger charge is -2.20. The minimum absolute atomic E-state index is 0.176. The predicted molar refractivity (Wildman–Crippen MR) is 200 cm³/mol. The van der Waals surface area contributed by atoms with Crippen molar-refractivity contribution in [1.82, 2.24) is 0 Å². The Morgan fingerprint density at radius 1 is 0.472 bits per heavy atom. The van der Waals surface area contributed by atoms with Crippen LogP contribution in [0.25, 0.3) is 0 Å². The molecule has 0 saturated carbocycles. The van der Waals surface area contributed by atoms with Crippen LogP contribution in [0.1, 0.15) is 73.4 Å². The van der Waals surface area contributed by atoms with Gasteiger partial charge in [0.25, 0.3) is 0 Å². The van der Waals surface area contributed by atoms with Gasteiger partial charge in [-0.2, -0.15) is 0 Å². The third-order valence-electron chi connectivity index (χ3n) is 9.99. The number of benzene rings is 4. The molecule has 6 unspecified atom stereocenters. The molecule has 1 heterocycles. The molecule has 0 spiro atoms. The van der Waals surface area contributed by atoms with Crippen molar-refractivity contribution >= 4 is 0 Å². The number of ether oxygens (including phenoxy) is 9. The molecule has 11 heteroatoms. The van der Waals surface area contributed by atoms with Crippen LogP contribution in [-0.4, -0.2) is 66.1 Å². The van der Waals surface area contributed by atoms with Gasteiger partial charge in [-0.05, 0) is 82.6 Å². The van der Waals surface area contributed by atoms with Gasteiger partial charge in [0.05, 0.1) is 80.3 Å². The van der Waals surface area contributed by atoms with Crippen LogP contribution in [0.3, 0.4) is 0 Å². The molecule has 4 aromatic rings. The Morgan fingerprint density at radius 2 is 0.811 bits per heavy atom. The van der Waals surface area contributed by atoms with Gasteiger partial charge in [-0.25, -0.2) is 0 Å². The molecule has 2 N–H and O–H groups in total. The van der Waals surface area contributed by atoms with E-state index in [-0.39, 0.29) is 37.3 Å². The Labute approximate surface area is 312 Å². The Kier molecular flexibility index (Phi) is 13.6. The van der Waals surface area contributed by atoms with Gasteiger partial charge in [0.1, 0.15) is 0 Å². The van der Waals surface area contributed by atoms with Crippen molar-refractivity contribution in [2.45, 2.75) is 51.1 Å². The topological polar surface area (TPSA) is 124 Å². The molecule has 0 radical (unpaired) electrons. The highest BCUT2D eigenvalue weighted by atomic mass is 16.5. The van der Waals surface area contributed by atoms with Crippen LogP contribution in [0.5, 0.6) is 46.0 Å². The molecule has 1 aliphatic rings. The van der Waals surface area contributed by atoms with Gasteiger partial charge in [-0.1, -0.05) is 38.1 Å². The second-order valence-corrected chi connectivity index (χ2v) is 13.1. The third-order valence-corrected chi connectivity index (χ3v) is 9.99. The molecule has 53 heavy (non-hydrogen) atoms. The third kappa shape index (κ3) is 9.04. The van der Waals surface area contributed by atoms with Crippen LogP contribution in [-0.2, 0) is 4.74 Å². The Hall–Kier alpha value is -4.84. The van der Waals surface area contributed by atoms with Crippen molar-refractivity contribution in [2.24, 2.45) is 11.8 Å². The second kappa shape index (κ2) is 18.3. The average Bonchev–Trinajstić information content (AvgIpc) is 3.49. The van der Waals surface area contributed by atoms with E-state index in [0.29, 0.717) is 70.0 Å². The normalized spacial score (nSPS) is 19.2. The monoisotopic (exact) mass is 732 g/mol. The predicted octanol–water partition coefficient (Wildman–Crippen LogP) is 7.83. The maximum atomic E-state index is 10.8. The SMILES string of the molecule is COc1ccc(C(O)CCOc2ccc(C3OC(c4ccc(OCCC(O)c5ccc(OC)c(OC)c5)c(OC)c4)C(C)C3C)cc2OC)cc1OC. The summed E-state index contributed by atoms with van der Waals surface area (Å²) >= 11 is 0. The lowest BCUT2D eigenvalue weighted by molar-refractivity contribution is 0.0287. The van der Waals surface area contributed by atoms with Crippen molar-refractivity contribution in [2.75, 3.05) is 55.9 Å². The van der Waals surface area contributed by atoms with Crippen LogP contribution in [0.15, 0.2) is 72.8 Å². The van der Waals surface area contributed by atoms with E-state index >= 15 is 0 Å². The molecule has 1 fully saturated rings. The van der Waals surface area contributed by atoms with Crippen molar-refractivity contribution in [3.05, 3.63) is 95.1 Å². The summed E-state index contributed by atoms with van der Waals surface area (Å²) < 4.78 is 51.6. The molecular weight excluding hydrogens is 680 g/mol. The highest BCUT2D eigenvalue weighted by Crippen LogP contribution is 2.51. The molecule has 4 aromatic carbocycles. The van der Waals surface area contributed by atoms with Gasteiger partial charge in [0, 0.05) is 12.8 Å². The zero-order valence-corrected chi connectivity index (χ0v) is 31.8. The molecule has 0 aromatic heterocycles. The molecule has 1 aliphatic heterocycles. The Morgan fingerprint density at radius 3 is 1.17 bits per heavy atom. The summed E-state index contributed by atoms with van der Waals surface area (Å²) in [5, 5.41) is 21.6. The largest absolute Gasteiger partial charge is 0.493 e. The summed E-state index contributed by atoms with van der Waals surface area (Å²) in [6, 6.07) is 22.4. The average molecular weight is 733 g/mol. The van der Waals surface area contributed by atoms with Gasteiger partial charge in [-0.3, -0.25) is 0 Å². The van der Waals surface area contributed by atoms with Gasteiger partial charge in [0.15, 0.2) is 46.0 Å². The second-order valence-electron chi connectivity index (χ2n) is 13.1. The lowest BCUT2D eigenvalue weighted by atomic mass is 9.85. The summed E-state index contributed by atoms with van der Waals surface area (Å²) in [7, 11) is 9.51. The van der Waals surface area contributed by atoms with Crippen LogP contribution in [0.4, 0.5) is 0 Å². The van der Waals surface area contributed by atoms with Crippen molar-refractivity contribution in [1.29, 1.82) is 0 Å². The fourth-order valence-electron chi connectivity index (χ4n) is 6.70. The first-order valence-electron chi connectivity index (χ1n) is 17.7. The molecule has 6 atom stereocenters. The zero-order chi connectivity index (χ0) is 38.1. The fraction of sp³-hybridized carbons (Fsp3) is 0.429. The summed E-state index contributed by atoms with van der Waals surface area (Å²) in [5.74, 6) is 5.08. The summed E-state index contributed by atoms with van der Waals surface area (Å²) in [4.78, 5) is 0. The molecule has 1 saturated heterocycles. The first-order chi connectivity index (χ1) is 25.6. The van der Waals surface area contributed by atoms with Gasteiger partial charge < -0.3 is 52.8 Å². The molecule has 286 valence electrons. The number of methoxy groups -OCH3 is 6. The van der Waals surface area contributed by atoms with E-state index in [2.05, 4.69) is 13.8 Å². The maximum absolute atomic E-state index is 10.8. The van der Waals surface area contributed by atoms with E-state index in [1.54, 1.807) is 66.9 Å². The van der Waals surface area contributed by atoms with Crippen LogP contribution >= 0.6 is 0 Å². The zero-order valence-electron chi connectivity index (χ0n) is 31.8. The lowest BCUT2D eigenvalue weighted by Crippen LogP contribution is -2.10. The number of aliphatic hydroxyl groups excluding tert-OH is 2. The number of rotatable bonds is 18. The number of hydrogen-bond donors (Lipinski definition) is 2. The first-order valence-corrected chi connectivity index (χ1v) is 17.7. The summed E-state index contributed by atoms with van der Waals surface area (Å²) in [6.45, 7) is 4.95. The fourth-order valence-corrected chi connectivity index (χ4v) is 6.70. The van der Waals surface area contributed by atoms with Crippen LogP contribution < -0.4 is 37.9 Å². The van der Waals surface area contributed by atoms with E-state index in [9.17, 15) is 10.2 Å². The van der Waals surface area contributed by atoms with Crippen molar-refractivity contribution in [3.8, 4) is 46.0 Å². The molecule has 11 nitrogen and oxygen atoms in total. The molecule has 5 rings (SSSR count). The smallest absolute Gasteiger partial charge is 0.161 e. The van der Waals surface area contributed by atoms with Crippen molar-refractivity contribution < 1.29 is 52.8 Å². The number of aliphatic hydroxyl groups is 2. The molecule has 0 bridgehead atoms.